The van der Waals surface area contributed by atoms with Gasteiger partial charge in [0.25, 0.3) is 0 Å². The molecule has 0 aliphatic carbocycles. The summed E-state index contributed by atoms with van der Waals surface area (Å²) in [6, 6.07) is 13.5. The number of methoxy groups -OCH3 is 1. The normalized spacial score (nSPS) is 10.2. The van der Waals surface area contributed by atoms with E-state index in [9.17, 15) is 0 Å². The first kappa shape index (κ1) is 13.4. The highest BCUT2D eigenvalue weighted by Crippen LogP contribution is 2.14. The molecular weight excluding hydrogens is 242 g/mol. The Morgan fingerprint density at radius 2 is 1.84 bits per heavy atom. The molecule has 0 fully saturated rings. The van der Waals surface area contributed by atoms with Crippen LogP contribution in [0, 0.1) is 0 Å². The quantitative estimate of drug-likeness (QED) is 0.717. The summed E-state index contributed by atoms with van der Waals surface area (Å²) in [4.78, 5) is 4.13. The monoisotopic (exact) mass is 259 g/mol. The van der Waals surface area contributed by atoms with Crippen LogP contribution in [-0.2, 0) is 11.3 Å². The van der Waals surface area contributed by atoms with E-state index in [4.69, 9.17) is 14.2 Å². The maximum absolute atomic E-state index is 5.66. The molecule has 0 atom stereocenters. The number of nitrogens with zero attached hydrogens (tertiary/aromatic N) is 1. The highest BCUT2D eigenvalue weighted by molar-refractivity contribution is 5.23. The number of hydrogen-bond donors (Lipinski definition) is 0. The van der Waals surface area contributed by atoms with Gasteiger partial charge in [-0.05, 0) is 23.8 Å². The van der Waals surface area contributed by atoms with Crippen molar-refractivity contribution in [1.29, 1.82) is 0 Å². The lowest BCUT2D eigenvalue weighted by atomic mass is 10.3. The molecule has 0 aliphatic rings. The zero-order valence-electron chi connectivity index (χ0n) is 10.9. The SMILES string of the molecule is COCCOc1cc(COc2ccccc2)ccn1. The van der Waals surface area contributed by atoms with E-state index in [1.165, 1.54) is 0 Å². The Balaban J connectivity index is 1.88. The maximum atomic E-state index is 5.66. The molecule has 0 amide bonds. The van der Waals surface area contributed by atoms with Crippen LogP contribution in [0.4, 0.5) is 0 Å². The van der Waals surface area contributed by atoms with E-state index in [-0.39, 0.29) is 0 Å². The summed E-state index contributed by atoms with van der Waals surface area (Å²) < 4.78 is 16.0. The Bertz CT molecular complexity index is 488. The summed E-state index contributed by atoms with van der Waals surface area (Å²) in [7, 11) is 1.64. The van der Waals surface area contributed by atoms with Crippen molar-refractivity contribution in [3.63, 3.8) is 0 Å². The van der Waals surface area contributed by atoms with Gasteiger partial charge in [-0.1, -0.05) is 18.2 Å². The van der Waals surface area contributed by atoms with E-state index >= 15 is 0 Å². The fraction of sp³-hybridized carbons (Fsp3) is 0.267. The van der Waals surface area contributed by atoms with E-state index in [1.54, 1.807) is 13.3 Å². The molecule has 100 valence electrons. The Kier molecular flexibility index (Phi) is 5.19. The molecule has 1 heterocycles. The van der Waals surface area contributed by atoms with Gasteiger partial charge in [0.1, 0.15) is 19.0 Å². The number of hydrogen-bond acceptors (Lipinski definition) is 4. The van der Waals surface area contributed by atoms with Crippen LogP contribution in [0.3, 0.4) is 0 Å². The van der Waals surface area contributed by atoms with Crippen molar-refractivity contribution in [1.82, 2.24) is 4.98 Å². The molecule has 0 unspecified atom stereocenters. The number of para-hydroxylation sites is 1. The minimum atomic E-state index is 0.493. The zero-order chi connectivity index (χ0) is 13.3. The Hall–Kier alpha value is -2.07. The Morgan fingerprint density at radius 3 is 2.63 bits per heavy atom. The lowest BCUT2D eigenvalue weighted by Gasteiger charge is -2.08. The summed E-state index contributed by atoms with van der Waals surface area (Å²) in [5, 5.41) is 0. The van der Waals surface area contributed by atoms with Crippen LogP contribution in [0.15, 0.2) is 48.7 Å². The van der Waals surface area contributed by atoms with Crippen molar-refractivity contribution in [3.8, 4) is 11.6 Å². The average molecular weight is 259 g/mol. The van der Waals surface area contributed by atoms with Gasteiger partial charge in [0.05, 0.1) is 6.61 Å². The standard InChI is InChI=1S/C15H17NO3/c1-17-9-10-18-15-11-13(7-8-16-15)12-19-14-5-3-2-4-6-14/h2-8,11H,9-10,12H2,1H3. The van der Waals surface area contributed by atoms with Gasteiger partial charge in [0.2, 0.25) is 5.88 Å². The van der Waals surface area contributed by atoms with Crippen LogP contribution < -0.4 is 9.47 Å². The molecule has 1 aromatic heterocycles. The number of benzene rings is 1. The van der Waals surface area contributed by atoms with E-state index in [2.05, 4.69) is 4.98 Å². The van der Waals surface area contributed by atoms with Crippen molar-refractivity contribution >= 4 is 0 Å². The van der Waals surface area contributed by atoms with Crippen LogP contribution >= 0.6 is 0 Å². The highest BCUT2D eigenvalue weighted by Gasteiger charge is 2.00. The van der Waals surface area contributed by atoms with Crippen molar-refractivity contribution in [2.75, 3.05) is 20.3 Å². The van der Waals surface area contributed by atoms with Crippen LogP contribution in [0.2, 0.25) is 0 Å². The first-order valence-electron chi connectivity index (χ1n) is 6.13. The summed E-state index contributed by atoms with van der Waals surface area (Å²) >= 11 is 0. The maximum Gasteiger partial charge on any atom is 0.213 e. The van der Waals surface area contributed by atoms with E-state index in [0.29, 0.717) is 25.7 Å². The molecule has 19 heavy (non-hydrogen) atoms. The largest absolute Gasteiger partial charge is 0.489 e. The lowest BCUT2D eigenvalue weighted by molar-refractivity contribution is 0.143. The molecule has 0 aliphatic heterocycles. The second-order valence-corrected chi connectivity index (χ2v) is 3.95. The number of rotatable bonds is 7. The van der Waals surface area contributed by atoms with Gasteiger partial charge in [-0.2, -0.15) is 0 Å². The molecule has 0 bridgehead atoms. The van der Waals surface area contributed by atoms with Crippen LogP contribution in [0.1, 0.15) is 5.56 Å². The van der Waals surface area contributed by atoms with Crippen molar-refractivity contribution in [3.05, 3.63) is 54.2 Å². The van der Waals surface area contributed by atoms with Gasteiger partial charge < -0.3 is 14.2 Å². The van der Waals surface area contributed by atoms with Crippen molar-refractivity contribution in [2.45, 2.75) is 6.61 Å². The molecule has 4 heteroatoms. The second kappa shape index (κ2) is 7.38. The van der Waals surface area contributed by atoms with Gasteiger partial charge in [-0.15, -0.1) is 0 Å². The van der Waals surface area contributed by atoms with Crippen LogP contribution in [-0.4, -0.2) is 25.3 Å². The average Bonchev–Trinajstić information content (AvgIpc) is 2.47. The Labute approximate surface area is 113 Å². The van der Waals surface area contributed by atoms with Crippen LogP contribution in [0.25, 0.3) is 0 Å². The van der Waals surface area contributed by atoms with E-state index in [0.717, 1.165) is 11.3 Å². The minimum Gasteiger partial charge on any atom is -0.489 e. The number of aromatic nitrogens is 1. The fourth-order valence-corrected chi connectivity index (χ4v) is 1.53. The van der Waals surface area contributed by atoms with Crippen molar-refractivity contribution < 1.29 is 14.2 Å². The van der Waals surface area contributed by atoms with Gasteiger partial charge in [-0.25, -0.2) is 4.98 Å². The molecule has 1 aromatic carbocycles. The van der Waals surface area contributed by atoms with E-state index < -0.39 is 0 Å². The smallest absolute Gasteiger partial charge is 0.213 e. The van der Waals surface area contributed by atoms with E-state index in [1.807, 2.05) is 42.5 Å². The second-order valence-electron chi connectivity index (χ2n) is 3.95. The molecule has 0 spiro atoms. The molecule has 4 nitrogen and oxygen atoms in total. The number of pyridine rings is 1. The van der Waals surface area contributed by atoms with Gasteiger partial charge in [0, 0.05) is 19.4 Å². The van der Waals surface area contributed by atoms with Gasteiger partial charge >= 0.3 is 0 Å². The topological polar surface area (TPSA) is 40.6 Å². The first-order valence-corrected chi connectivity index (χ1v) is 6.13. The molecule has 2 rings (SSSR count). The fourth-order valence-electron chi connectivity index (χ4n) is 1.53. The predicted molar refractivity (Wildman–Crippen MR) is 72.4 cm³/mol. The lowest BCUT2D eigenvalue weighted by Crippen LogP contribution is -2.06. The third-order valence-electron chi connectivity index (χ3n) is 2.49. The van der Waals surface area contributed by atoms with Crippen LogP contribution in [0.5, 0.6) is 11.6 Å². The number of ether oxygens (including phenoxy) is 3. The molecule has 0 saturated heterocycles. The molecule has 0 N–H and O–H groups in total. The summed E-state index contributed by atoms with van der Waals surface area (Å²) in [5.74, 6) is 1.44. The summed E-state index contributed by atoms with van der Waals surface area (Å²) in [6.45, 7) is 1.53. The molecular formula is C15H17NO3. The predicted octanol–water partition coefficient (Wildman–Crippen LogP) is 2.69. The van der Waals surface area contributed by atoms with Gasteiger partial charge in [0.15, 0.2) is 0 Å². The molecule has 0 radical (unpaired) electrons. The summed E-state index contributed by atoms with van der Waals surface area (Å²) in [6.07, 6.45) is 1.71. The molecule has 0 saturated carbocycles. The summed E-state index contributed by atoms with van der Waals surface area (Å²) in [5.41, 5.74) is 1.02. The Morgan fingerprint density at radius 1 is 1.00 bits per heavy atom. The van der Waals surface area contributed by atoms with Crippen molar-refractivity contribution in [2.24, 2.45) is 0 Å². The third kappa shape index (κ3) is 4.60. The minimum absolute atomic E-state index is 0.493. The first-order chi connectivity index (χ1) is 9.38. The van der Waals surface area contributed by atoms with Gasteiger partial charge in [-0.3, -0.25) is 0 Å². The highest BCUT2D eigenvalue weighted by atomic mass is 16.5. The third-order valence-corrected chi connectivity index (χ3v) is 2.49. The molecule has 2 aromatic rings. The zero-order valence-corrected chi connectivity index (χ0v) is 10.9.